The summed E-state index contributed by atoms with van der Waals surface area (Å²) >= 11 is 12.7. The maximum atomic E-state index is 13.0. The molecule has 0 amide bonds. The number of fused-ring (bicyclic) bond motifs is 2. The van der Waals surface area contributed by atoms with Crippen molar-refractivity contribution in [3.8, 4) is 5.75 Å². The van der Waals surface area contributed by atoms with E-state index in [2.05, 4.69) is 0 Å². The van der Waals surface area contributed by atoms with Gasteiger partial charge in [0.2, 0.25) is 0 Å². The summed E-state index contributed by atoms with van der Waals surface area (Å²) in [5, 5.41) is 0.859. The van der Waals surface area contributed by atoms with Crippen LogP contribution in [0.15, 0.2) is 60.7 Å². The van der Waals surface area contributed by atoms with Crippen LogP contribution in [-0.4, -0.2) is 12.9 Å². The standard InChI is InChI=1S/C22H14Cl2O2/c1-26-14-10-8-13(9-11-14)12-17-15-4-2-6-18(23)20(15)22(25)21-16(17)5-3-7-19(21)24/h2-12H,1H3. The summed E-state index contributed by atoms with van der Waals surface area (Å²) in [6.07, 6.45) is 2.04. The lowest BCUT2D eigenvalue weighted by molar-refractivity contribution is 0.103. The number of methoxy groups -OCH3 is 1. The van der Waals surface area contributed by atoms with Crippen molar-refractivity contribution >= 4 is 40.6 Å². The number of halogens is 2. The predicted molar refractivity (Wildman–Crippen MR) is 106 cm³/mol. The number of carbonyl (C=O) groups excluding carboxylic acids is 1. The zero-order valence-electron chi connectivity index (χ0n) is 13.9. The van der Waals surface area contributed by atoms with Gasteiger partial charge in [-0.25, -0.2) is 0 Å². The van der Waals surface area contributed by atoms with Crippen molar-refractivity contribution in [2.45, 2.75) is 0 Å². The number of hydrogen-bond donors (Lipinski definition) is 0. The molecule has 0 N–H and O–H groups in total. The van der Waals surface area contributed by atoms with Crippen molar-refractivity contribution in [2.24, 2.45) is 0 Å². The van der Waals surface area contributed by atoms with Crippen LogP contribution in [0.2, 0.25) is 10.0 Å². The van der Waals surface area contributed by atoms with Crippen molar-refractivity contribution in [3.05, 3.63) is 98.5 Å². The van der Waals surface area contributed by atoms with Gasteiger partial charge in [-0.05, 0) is 52.6 Å². The molecule has 0 saturated heterocycles. The van der Waals surface area contributed by atoms with E-state index in [1.54, 1.807) is 19.2 Å². The molecule has 0 fully saturated rings. The number of rotatable bonds is 2. The molecule has 2 nitrogen and oxygen atoms in total. The fourth-order valence-corrected chi connectivity index (χ4v) is 3.77. The zero-order valence-corrected chi connectivity index (χ0v) is 15.4. The van der Waals surface area contributed by atoms with Crippen LogP contribution < -0.4 is 4.74 Å². The van der Waals surface area contributed by atoms with Gasteiger partial charge in [-0.2, -0.15) is 0 Å². The Hall–Kier alpha value is -2.55. The fraction of sp³-hybridized carbons (Fsp3) is 0.0455. The lowest BCUT2D eigenvalue weighted by Gasteiger charge is -2.23. The van der Waals surface area contributed by atoms with Crippen molar-refractivity contribution in [1.29, 1.82) is 0 Å². The molecular formula is C22H14Cl2O2. The first kappa shape index (κ1) is 16.9. The Morgan fingerprint density at radius 3 is 1.85 bits per heavy atom. The molecule has 0 heterocycles. The van der Waals surface area contributed by atoms with Crippen LogP contribution in [-0.2, 0) is 0 Å². The van der Waals surface area contributed by atoms with Crippen molar-refractivity contribution in [2.75, 3.05) is 7.11 Å². The maximum Gasteiger partial charge on any atom is 0.197 e. The summed E-state index contributed by atoms with van der Waals surface area (Å²) in [5.74, 6) is 0.649. The molecule has 0 radical (unpaired) electrons. The molecule has 0 aliphatic heterocycles. The third kappa shape index (κ3) is 2.72. The van der Waals surface area contributed by atoms with E-state index in [1.807, 2.05) is 54.6 Å². The summed E-state index contributed by atoms with van der Waals surface area (Å²) in [6.45, 7) is 0. The van der Waals surface area contributed by atoms with Crippen LogP contribution in [0.5, 0.6) is 5.75 Å². The number of benzene rings is 3. The first-order valence-corrected chi connectivity index (χ1v) is 8.84. The number of hydrogen-bond acceptors (Lipinski definition) is 2. The van der Waals surface area contributed by atoms with Crippen molar-refractivity contribution < 1.29 is 9.53 Å². The Bertz CT molecular complexity index is 993. The number of ether oxygens (including phenoxy) is 1. The van der Waals surface area contributed by atoms with Gasteiger partial charge < -0.3 is 4.74 Å². The van der Waals surface area contributed by atoms with Gasteiger partial charge in [0.1, 0.15) is 5.75 Å². The lowest BCUT2D eigenvalue weighted by atomic mass is 9.80. The molecule has 1 aliphatic carbocycles. The quantitative estimate of drug-likeness (QED) is 0.417. The Morgan fingerprint density at radius 1 is 0.808 bits per heavy atom. The minimum absolute atomic E-state index is 0.141. The Morgan fingerprint density at radius 2 is 1.35 bits per heavy atom. The van der Waals surface area contributed by atoms with Crippen LogP contribution in [0.3, 0.4) is 0 Å². The van der Waals surface area contributed by atoms with Gasteiger partial charge in [0.05, 0.1) is 17.2 Å². The molecule has 0 atom stereocenters. The maximum absolute atomic E-state index is 13.0. The summed E-state index contributed by atoms with van der Waals surface area (Å²) in [7, 11) is 1.64. The summed E-state index contributed by atoms with van der Waals surface area (Å²) < 4.78 is 5.22. The van der Waals surface area contributed by atoms with Crippen molar-refractivity contribution in [3.63, 3.8) is 0 Å². The van der Waals surface area contributed by atoms with Gasteiger partial charge in [0.15, 0.2) is 5.78 Å². The molecule has 0 spiro atoms. The molecular weight excluding hydrogens is 367 g/mol. The van der Waals surface area contributed by atoms with E-state index in [0.717, 1.165) is 28.0 Å². The van der Waals surface area contributed by atoms with Crippen LogP contribution >= 0.6 is 23.2 Å². The molecule has 0 unspecified atom stereocenters. The van der Waals surface area contributed by atoms with E-state index >= 15 is 0 Å². The topological polar surface area (TPSA) is 26.3 Å². The number of carbonyl (C=O) groups is 1. The summed E-state index contributed by atoms with van der Waals surface area (Å²) in [5.41, 5.74) is 4.53. The third-order valence-corrected chi connectivity index (χ3v) is 5.12. The van der Waals surface area contributed by atoms with E-state index in [-0.39, 0.29) is 5.78 Å². The minimum atomic E-state index is -0.141. The fourth-order valence-electron chi connectivity index (χ4n) is 3.25. The first-order valence-electron chi connectivity index (χ1n) is 8.08. The van der Waals surface area contributed by atoms with Gasteiger partial charge in [0.25, 0.3) is 0 Å². The Labute approximate surface area is 161 Å². The lowest BCUT2D eigenvalue weighted by Crippen LogP contribution is -2.15. The van der Waals surface area contributed by atoms with Crippen LogP contribution in [0.4, 0.5) is 0 Å². The molecule has 26 heavy (non-hydrogen) atoms. The second kappa shape index (κ2) is 6.64. The smallest absolute Gasteiger partial charge is 0.197 e. The van der Waals surface area contributed by atoms with Gasteiger partial charge in [0, 0.05) is 11.1 Å². The minimum Gasteiger partial charge on any atom is -0.497 e. The largest absolute Gasteiger partial charge is 0.497 e. The molecule has 4 rings (SSSR count). The van der Waals surface area contributed by atoms with E-state index in [9.17, 15) is 4.79 Å². The molecule has 4 heteroatoms. The third-order valence-electron chi connectivity index (χ3n) is 4.49. The summed E-state index contributed by atoms with van der Waals surface area (Å²) in [6, 6.07) is 18.7. The highest BCUT2D eigenvalue weighted by molar-refractivity contribution is 6.40. The molecule has 0 bridgehead atoms. The van der Waals surface area contributed by atoms with Crippen molar-refractivity contribution in [1.82, 2.24) is 0 Å². The molecule has 3 aromatic carbocycles. The van der Waals surface area contributed by atoms with E-state index < -0.39 is 0 Å². The van der Waals surface area contributed by atoms with Crippen LogP contribution in [0.25, 0.3) is 11.6 Å². The van der Waals surface area contributed by atoms with E-state index in [4.69, 9.17) is 27.9 Å². The molecule has 128 valence electrons. The van der Waals surface area contributed by atoms with Crippen LogP contribution in [0, 0.1) is 0 Å². The van der Waals surface area contributed by atoms with Gasteiger partial charge in [-0.3, -0.25) is 4.79 Å². The summed E-state index contributed by atoms with van der Waals surface area (Å²) in [4.78, 5) is 13.0. The highest BCUT2D eigenvalue weighted by Crippen LogP contribution is 2.42. The average molecular weight is 381 g/mol. The normalized spacial score (nSPS) is 12.4. The monoisotopic (exact) mass is 380 g/mol. The molecule has 0 saturated carbocycles. The first-order chi connectivity index (χ1) is 12.6. The average Bonchev–Trinajstić information content (AvgIpc) is 2.65. The van der Waals surface area contributed by atoms with Gasteiger partial charge >= 0.3 is 0 Å². The molecule has 1 aliphatic rings. The predicted octanol–water partition coefficient (Wildman–Crippen LogP) is 6.14. The highest BCUT2D eigenvalue weighted by Gasteiger charge is 2.30. The number of ketones is 1. The second-order valence-electron chi connectivity index (χ2n) is 5.99. The zero-order chi connectivity index (χ0) is 18.3. The molecule has 0 aromatic heterocycles. The Balaban J connectivity index is 1.99. The van der Waals surface area contributed by atoms with E-state index in [0.29, 0.717) is 21.2 Å². The van der Waals surface area contributed by atoms with Crippen LogP contribution in [0.1, 0.15) is 32.6 Å². The molecule has 3 aromatic rings. The van der Waals surface area contributed by atoms with Gasteiger partial charge in [-0.15, -0.1) is 0 Å². The highest BCUT2D eigenvalue weighted by atomic mass is 35.5. The van der Waals surface area contributed by atoms with Gasteiger partial charge in [-0.1, -0.05) is 59.6 Å². The second-order valence-corrected chi connectivity index (χ2v) is 6.80. The SMILES string of the molecule is COc1ccc(C=C2c3cccc(Cl)c3C(=O)c3c(Cl)cccc32)cc1. The Kier molecular flexibility index (Phi) is 4.31. The van der Waals surface area contributed by atoms with E-state index in [1.165, 1.54) is 0 Å².